The molecule has 0 radical (unpaired) electrons. The lowest BCUT2D eigenvalue weighted by molar-refractivity contribution is -0.921. The van der Waals surface area contributed by atoms with Crippen molar-refractivity contribution in [2.24, 2.45) is 0 Å². The smallest absolute Gasteiger partial charge is 0.262 e. The van der Waals surface area contributed by atoms with Crippen molar-refractivity contribution in [3.05, 3.63) is 72.3 Å². The molecule has 4 rings (SSSR count). The summed E-state index contributed by atoms with van der Waals surface area (Å²) in [6.07, 6.45) is 0. The van der Waals surface area contributed by atoms with Crippen LogP contribution in [-0.2, 0) is 16.1 Å². The van der Waals surface area contributed by atoms with Crippen LogP contribution < -0.4 is 15.0 Å². The summed E-state index contributed by atoms with van der Waals surface area (Å²) in [7, 11) is 0. The minimum atomic E-state index is -0.167. The van der Waals surface area contributed by atoms with Crippen LogP contribution in [0.4, 0.5) is 5.69 Å². The summed E-state index contributed by atoms with van der Waals surface area (Å²) in [6.45, 7) is 4.73. The van der Waals surface area contributed by atoms with E-state index >= 15 is 0 Å². The number of hydrogen-bond donors (Lipinski definition) is 2. The molecule has 1 saturated heterocycles. The van der Waals surface area contributed by atoms with E-state index in [1.165, 1.54) is 10.5 Å². The van der Waals surface area contributed by atoms with Crippen molar-refractivity contribution < 1.29 is 19.2 Å². The first-order valence-electron chi connectivity index (χ1n) is 9.68. The first kappa shape index (κ1) is 18.5. The van der Waals surface area contributed by atoms with E-state index in [0.29, 0.717) is 0 Å². The Kier molecular flexibility index (Phi) is 5.85. The summed E-state index contributed by atoms with van der Waals surface area (Å²) < 4.78 is 11.1. The van der Waals surface area contributed by atoms with E-state index in [-0.39, 0.29) is 12.5 Å². The molecule has 0 atom stereocenters. The van der Waals surface area contributed by atoms with Gasteiger partial charge >= 0.3 is 0 Å². The highest BCUT2D eigenvalue weighted by Crippen LogP contribution is 2.25. The molecule has 0 aliphatic carbocycles. The lowest BCUT2D eigenvalue weighted by atomic mass is 10.1. The third-order valence-corrected chi connectivity index (χ3v) is 5.00. The van der Waals surface area contributed by atoms with Crippen LogP contribution in [-0.4, -0.2) is 38.8 Å². The molecule has 5 nitrogen and oxygen atoms in total. The zero-order valence-corrected chi connectivity index (χ0v) is 15.8. The third-order valence-electron chi connectivity index (χ3n) is 5.00. The summed E-state index contributed by atoms with van der Waals surface area (Å²) in [5.74, 6) is 0.552. The molecule has 144 valence electrons. The molecule has 1 aliphatic heterocycles. The van der Waals surface area contributed by atoms with E-state index in [9.17, 15) is 4.79 Å². The molecule has 1 aliphatic rings. The Labute approximate surface area is 164 Å². The Morgan fingerprint density at radius 2 is 1.71 bits per heavy atom. The number of carbonyl (C=O) groups excluding carboxylic acids is 1. The van der Waals surface area contributed by atoms with Crippen LogP contribution in [0.25, 0.3) is 10.8 Å². The van der Waals surface area contributed by atoms with E-state index in [2.05, 4.69) is 17.4 Å². The van der Waals surface area contributed by atoms with Crippen molar-refractivity contribution in [2.75, 3.05) is 38.2 Å². The van der Waals surface area contributed by atoms with Crippen LogP contribution in [0.15, 0.2) is 66.7 Å². The maximum Gasteiger partial charge on any atom is 0.262 e. The molecule has 2 N–H and O–H groups in total. The second-order valence-electron chi connectivity index (χ2n) is 7.05. The lowest BCUT2D eigenvalue weighted by Gasteiger charge is -2.23. The van der Waals surface area contributed by atoms with E-state index in [1.54, 1.807) is 0 Å². The number of nitrogens with one attached hydrogen (secondary N) is 2. The summed E-state index contributed by atoms with van der Waals surface area (Å²) in [6, 6.07) is 21.9. The van der Waals surface area contributed by atoms with E-state index in [1.807, 2.05) is 54.6 Å². The van der Waals surface area contributed by atoms with Crippen molar-refractivity contribution in [1.29, 1.82) is 0 Å². The van der Waals surface area contributed by atoms with Gasteiger partial charge in [0.05, 0.1) is 13.2 Å². The number of carbonyl (C=O) groups is 1. The van der Waals surface area contributed by atoms with Crippen LogP contribution >= 0.6 is 0 Å². The highest BCUT2D eigenvalue weighted by Gasteiger charge is 2.14. The second-order valence-corrected chi connectivity index (χ2v) is 7.05. The zero-order valence-electron chi connectivity index (χ0n) is 15.8. The fourth-order valence-electron chi connectivity index (χ4n) is 3.49. The van der Waals surface area contributed by atoms with Gasteiger partial charge in [0.1, 0.15) is 25.4 Å². The number of ether oxygens (including phenoxy) is 2. The molecular formula is C23H25N2O3+. The predicted molar refractivity (Wildman–Crippen MR) is 110 cm³/mol. The molecule has 0 spiro atoms. The molecular weight excluding hydrogens is 352 g/mol. The second kappa shape index (κ2) is 8.87. The monoisotopic (exact) mass is 377 g/mol. The van der Waals surface area contributed by atoms with Crippen LogP contribution in [0, 0.1) is 0 Å². The van der Waals surface area contributed by atoms with Crippen LogP contribution in [0.3, 0.4) is 0 Å². The molecule has 1 amide bonds. The number of rotatable bonds is 6. The highest BCUT2D eigenvalue weighted by atomic mass is 16.5. The molecule has 0 aromatic heterocycles. The molecule has 1 fully saturated rings. The Balaban J connectivity index is 1.31. The molecule has 1 heterocycles. The number of anilines is 1. The average Bonchev–Trinajstić information content (AvgIpc) is 2.74. The Morgan fingerprint density at radius 3 is 2.54 bits per heavy atom. The number of benzene rings is 3. The molecule has 0 saturated carbocycles. The summed E-state index contributed by atoms with van der Waals surface area (Å²) in [4.78, 5) is 13.8. The number of fused-ring (bicyclic) bond motifs is 1. The number of hydrogen-bond acceptors (Lipinski definition) is 3. The molecule has 3 aromatic rings. The first-order valence-corrected chi connectivity index (χ1v) is 9.68. The van der Waals surface area contributed by atoms with Crippen molar-refractivity contribution in [3.8, 4) is 5.75 Å². The lowest BCUT2D eigenvalue weighted by Crippen LogP contribution is -3.12. The number of amides is 1. The van der Waals surface area contributed by atoms with Crippen molar-refractivity contribution in [3.63, 3.8) is 0 Å². The van der Waals surface area contributed by atoms with Gasteiger partial charge in [-0.2, -0.15) is 0 Å². The van der Waals surface area contributed by atoms with Gasteiger partial charge in [-0.3, -0.25) is 4.79 Å². The molecule has 28 heavy (non-hydrogen) atoms. The van der Waals surface area contributed by atoms with E-state index in [4.69, 9.17) is 9.47 Å². The number of morpholine rings is 1. The third kappa shape index (κ3) is 4.68. The van der Waals surface area contributed by atoms with Gasteiger partial charge in [-0.05, 0) is 23.6 Å². The quantitative estimate of drug-likeness (QED) is 0.693. The van der Waals surface area contributed by atoms with Crippen molar-refractivity contribution in [2.45, 2.75) is 6.54 Å². The summed E-state index contributed by atoms with van der Waals surface area (Å²) in [5.41, 5.74) is 2.05. The zero-order chi connectivity index (χ0) is 19.2. The fourth-order valence-corrected chi connectivity index (χ4v) is 3.49. The summed E-state index contributed by atoms with van der Waals surface area (Å²) >= 11 is 0. The van der Waals surface area contributed by atoms with Gasteiger partial charge in [0.25, 0.3) is 5.91 Å². The summed E-state index contributed by atoms with van der Waals surface area (Å²) in [5, 5.41) is 5.00. The predicted octanol–water partition coefficient (Wildman–Crippen LogP) is 2.27. The standard InChI is InChI=1S/C23H24N2O3/c26-23(17-28-22-7-3-5-19-4-1-2-6-21(19)22)24-20-10-8-18(9-11-20)16-25-12-14-27-15-13-25/h1-11H,12-17H2,(H,24,26)/p+1. The normalized spacial score (nSPS) is 14.7. The largest absolute Gasteiger partial charge is 0.483 e. The number of quaternary nitrogens is 1. The van der Waals surface area contributed by atoms with Crippen LogP contribution in [0.2, 0.25) is 0 Å². The van der Waals surface area contributed by atoms with Gasteiger partial charge in [0.15, 0.2) is 6.61 Å². The Bertz CT molecular complexity index is 929. The topological polar surface area (TPSA) is 52.0 Å². The maximum absolute atomic E-state index is 12.3. The Hall–Kier alpha value is -2.89. The van der Waals surface area contributed by atoms with Crippen LogP contribution in [0.5, 0.6) is 5.75 Å². The minimum absolute atomic E-state index is 0.0202. The van der Waals surface area contributed by atoms with Crippen LogP contribution in [0.1, 0.15) is 5.56 Å². The molecule has 3 aromatic carbocycles. The maximum atomic E-state index is 12.3. The van der Waals surface area contributed by atoms with Gasteiger partial charge in [-0.25, -0.2) is 0 Å². The van der Waals surface area contributed by atoms with Crippen molar-refractivity contribution >= 4 is 22.4 Å². The van der Waals surface area contributed by atoms with Gasteiger partial charge in [-0.1, -0.05) is 48.5 Å². The molecule has 0 unspecified atom stereocenters. The molecule has 0 bridgehead atoms. The SMILES string of the molecule is O=C(COc1cccc2ccccc12)Nc1ccc(C[NH+]2CCOCC2)cc1. The van der Waals surface area contributed by atoms with E-state index < -0.39 is 0 Å². The minimum Gasteiger partial charge on any atom is -0.483 e. The molecule has 5 heteroatoms. The van der Waals surface area contributed by atoms with Crippen molar-refractivity contribution in [1.82, 2.24) is 0 Å². The first-order chi connectivity index (χ1) is 13.8. The van der Waals surface area contributed by atoms with Gasteiger partial charge in [0.2, 0.25) is 0 Å². The van der Waals surface area contributed by atoms with Gasteiger partial charge in [0, 0.05) is 16.6 Å². The van der Waals surface area contributed by atoms with Gasteiger partial charge in [-0.15, -0.1) is 0 Å². The highest BCUT2D eigenvalue weighted by molar-refractivity contribution is 5.93. The van der Waals surface area contributed by atoms with Gasteiger partial charge < -0.3 is 19.7 Å². The average molecular weight is 377 g/mol. The fraction of sp³-hybridized carbons (Fsp3) is 0.261. The Morgan fingerprint density at radius 1 is 0.964 bits per heavy atom. The van der Waals surface area contributed by atoms with E-state index in [0.717, 1.165) is 55.1 Å².